The Morgan fingerprint density at radius 2 is 1.79 bits per heavy atom. The number of benzene rings is 2. The quantitative estimate of drug-likeness (QED) is 0.734. The molecule has 4 rings (SSSR count). The summed E-state index contributed by atoms with van der Waals surface area (Å²) in [6, 6.07) is 12.0. The maximum absolute atomic E-state index is 14.1. The van der Waals surface area contributed by atoms with Gasteiger partial charge in [-0.2, -0.15) is 13.2 Å². The summed E-state index contributed by atoms with van der Waals surface area (Å²) in [5.74, 6) is -3.00. The highest BCUT2D eigenvalue weighted by Gasteiger charge is 2.65. The molecule has 8 heteroatoms. The van der Waals surface area contributed by atoms with Crippen molar-refractivity contribution in [2.45, 2.75) is 24.1 Å². The predicted molar refractivity (Wildman–Crippen MR) is 93.1 cm³/mol. The molecule has 1 fully saturated rings. The summed E-state index contributed by atoms with van der Waals surface area (Å²) in [6.45, 7) is -1.58. The molecule has 2 atom stereocenters. The highest BCUT2D eigenvalue weighted by Crippen LogP contribution is 2.57. The van der Waals surface area contributed by atoms with Gasteiger partial charge in [-0.25, -0.2) is 4.39 Å². The molecule has 0 bridgehead atoms. The average molecular weight is 392 g/mol. The Balaban J connectivity index is 2.01. The van der Waals surface area contributed by atoms with Crippen LogP contribution in [0.5, 0.6) is 0 Å². The molecule has 1 saturated heterocycles. The van der Waals surface area contributed by atoms with Crippen LogP contribution in [0.4, 0.5) is 23.2 Å². The molecule has 0 saturated carbocycles. The summed E-state index contributed by atoms with van der Waals surface area (Å²) in [4.78, 5) is 27.8. The van der Waals surface area contributed by atoms with Crippen molar-refractivity contribution < 1.29 is 27.2 Å². The van der Waals surface area contributed by atoms with Crippen LogP contribution in [-0.4, -0.2) is 36.5 Å². The van der Waals surface area contributed by atoms with Crippen molar-refractivity contribution in [3.63, 3.8) is 0 Å². The number of rotatable bonds is 2. The zero-order valence-corrected chi connectivity index (χ0v) is 14.8. The van der Waals surface area contributed by atoms with Crippen LogP contribution in [0.15, 0.2) is 48.5 Å². The van der Waals surface area contributed by atoms with Gasteiger partial charge in [0.2, 0.25) is 5.91 Å². The van der Waals surface area contributed by atoms with Crippen LogP contribution in [0.25, 0.3) is 0 Å². The molecule has 2 heterocycles. The van der Waals surface area contributed by atoms with E-state index < -0.39 is 41.8 Å². The average Bonchev–Trinajstić information content (AvgIpc) is 3.03. The van der Waals surface area contributed by atoms with Gasteiger partial charge in [-0.3, -0.25) is 9.59 Å². The van der Waals surface area contributed by atoms with E-state index in [0.717, 1.165) is 12.1 Å². The second-order valence-electron chi connectivity index (χ2n) is 7.05. The van der Waals surface area contributed by atoms with E-state index in [1.807, 2.05) is 0 Å². The summed E-state index contributed by atoms with van der Waals surface area (Å²) in [7, 11) is 1.42. The number of carbonyl (C=O) groups is 2. The number of halogens is 4. The van der Waals surface area contributed by atoms with E-state index in [4.69, 9.17) is 0 Å². The van der Waals surface area contributed by atoms with E-state index in [-0.39, 0.29) is 12.0 Å². The van der Waals surface area contributed by atoms with Crippen molar-refractivity contribution in [2.24, 2.45) is 0 Å². The first-order chi connectivity index (χ1) is 13.2. The lowest BCUT2D eigenvalue weighted by molar-refractivity contribution is -0.170. The minimum absolute atomic E-state index is 0.0870. The standard InChI is InChI=1S/C20H16F4N2O2/c1-25-16-8-7-13(21)9-15(16)20(18(25)28)14(12-5-3-2-4-6-12)10-17(27)26(20)11-19(22,23)24/h2-9,14H,10-11H2,1H3/t14-,20+/m1/s1. The van der Waals surface area contributed by atoms with Crippen molar-refractivity contribution in [1.82, 2.24) is 4.90 Å². The molecule has 2 aromatic rings. The van der Waals surface area contributed by atoms with Crippen LogP contribution in [0.2, 0.25) is 0 Å². The van der Waals surface area contributed by atoms with Crippen LogP contribution in [0.3, 0.4) is 0 Å². The maximum atomic E-state index is 14.1. The van der Waals surface area contributed by atoms with Crippen LogP contribution in [0, 0.1) is 5.82 Å². The molecule has 2 aromatic carbocycles. The molecule has 1 spiro atoms. The van der Waals surface area contributed by atoms with Gasteiger partial charge in [0.05, 0.1) is 0 Å². The summed E-state index contributed by atoms with van der Waals surface area (Å²) in [6.07, 6.45) is -4.97. The molecular formula is C20H16F4N2O2. The second-order valence-corrected chi connectivity index (χ2v) is 7.05. The number of anilines is 1. The molecule has 2 aliphatic rings. The molecule has 2 aliphatic heterocycles. The van der Waals surface area contributed by atoms with Crippen LogP contribution >= 0.6 is 0 Å². The van der Waals surface area contributed by atoms with Crippen molar-refractivity contribution >= 4 is 17.5 Å². The Hall–Kier alpha value is -2.90. The number of amides is 2. The summed E-state index contributed by atoms with van der Waals surface area (Å²) in [5.41, 5.74) is -0.988. The Bertz CT molecular complexity index is 960. The van der Waals surface area contributed by atoms with Gasteiger partial charge in [0.1, 0.15) is 12.4 Å². The van der Waals surface area contributed by atoms with Crippen molar-refractivity contribution in [3.8, 4) is 0 Å². The number of alkyl halides is 3. The highest BCUT2D eigenvalue weighted by atomic mass is 19.4. The third-order valence-electron chi connectivity index (χ3n) is 5.51. The molecule has 0 aromatic heterocycles. The van der Waals surface area contributed by atoms with Gasteiger partial charge in [0, 0.05) is 30.6 Å². The van der Waals surface area contributed by atoms with E-state index in [2.05, 4.69) is 0 Å². The topological polar surface area (TPSA) is 40.6 Å². The summed E-state index contributed by atoms with van der Waals surface area (Å²) in [5, 5.41) is 0. The normalized spacial score (nSPS) is 24.4. The first-order valence-corrected chi connectivity index (χ1v) is 8.66. The maximum Gasteiger partial charge on any atom is 0.406 e. The number of hydrogen-bond acceptors (Lipinski definition) is 2. The minimum atomic E-state index is -4.71. The Morgan fingerprint density at radius 3 is 2.43 bits per heavy atom. The van der Waals surface area contributed by atoms with Crippen molar-refractivity contribution in [2.75, 3.05) is 18.5 Å². The number of likely N-dealkylation sites (N-methyl/N-ethyl adjacent to an activating group) is 1. The third kappa shape index (κ3) is 2.51. The van der Waals surface area contributed by atoms with Gasteiger partial charge in [0.15, 0.2) is 5.54 Å². The van der Waals surface area contributed by atoms with Crippen molar-refractivity contribution in [3.05, 3.63) is 65.5 Å². The monoisotopic (exact) mass is 392 g/mol. The van der Waals surface area contributed by atoms with Gasteiger partial charge in [-0.05, 0) is 23.8 Å². The fourth-order valence-corrected chi connectivity index (χ4v) is 4.44. The van der Waals surface area contributed by atoms with Crippen LogP contribution < -0.4 is 4.90 Å². The molecule has 0 unspecified atom stereocenters. The van der Waals surface area contributed by atoms with Gasteiger partial charge in [-0.15, -0.1) is 0 Å². The summed E-state index contributed by atoms with van der Waals surface area (Å²) < 4.78 is 54.1. The lowest BCUT2D eigenvalue weighted by Crippen LogP contribution is -2.55. The lowest BCUT2D eigenvalue weighted by Gasteiger charge is -2.38. The largest absolute Gasteiger partial charge is 0.406 e. The summed E-state index contributed by atoms with van der Waals surface area (Å²) >= 11 is 0. The zero-order valence-electron chi connectivity index (χ0n) is 14.8. The molecule has 4 nitrogen and oxygen atoms in total. The highest BCUT2D eigenvalue weighted by molar-refractivity contribution is 6.11. The fourth-order valence-electron chi connectivity index (χ4n) is 4.44. The fraction of sp³-hybridized carbons (Fsp3) is 0.300. The van der Waals surface area contributed by atoms with Gasteiger partial charge < -0.3 is 9.80 Å². The number of fused-ring (bicyclic) bond motifs is 2. The molecule has 28 heavy (non-hydrogen) atoms. The van der Waals surface area contributed by atoms with E-state index in [0.29, 0.717) is 16.2 Å². The number of carbonyl (C=O) groups excluding carboxylic acids is 2. The van der Waals surface area contributed by atoms with Gasteiger partial charge >= 0.3 is 6.18 Å². The lowest BCUT2D eigenvalue weighted by atomic mass is 9.75. The van der Waals surface area contributed by atoms with E-state index in [1.165, 1.54) is 18.0 Å². The molecule has 0 radical (unpaired) electrons. The van der Waals surface area contributed by atoms with E-state index in [9.17, 15) is 27.2 Å². The number of hydrogen-bond donors (Lipinski definition) is 0. The number of nitrogens with zero attached hydrogens (tertiary/aromatic N) is 2. The molecular weight excluding hydrogens is 376 g/mol. The molecule has 146 valence electrons. The minimum Gasteiger partial charge on any atom is -0.314 e. The predicted octanol–water partition coefficient (Wildman–Crippen LogP) is 3.58. The van der Waals surface area contributed by atoms with Crippen LogP contribution in [-0.2, 0) is 15.1 Å². The third-order valence-corrected chi connectivity index (χ3v) is 5.51. The van der Waals surface area contributed by atoms with Gasteiger partial charge in [0.25, 0.3) is 5.91 Å². The van der Waals surface area contributed by atoms with E-state index in [1.54, 1.807) is 30.3 Å². The van der Waals surface area contributed by atoms with Gasteiger partial charge in [-0.1, -0.05) is 30.3 Å². The Labute approximate surface area is 158 Å². The Morgan fingerprint density at radius 1 is 1.11 bits per heavy atom. The second kappa shape index (κ2) is 6.05. The molecule has 2 amide bonds. The first kappa shape index (κ1) is 18.5. The first-order valence-electron chi connectivity index (χ1n) is 8.66. The van der Waals surface area contributed by atoms with Crippen LogP contribution in [0.1, 0.15) is 23.5 Å². The van der Waals surface area contributed by atoms with Crippen molar-refractivity contribution in [1.29, 1.82) is 0 Å². The molecule has 0 aliphatic carbocycles. The number of likely N-dealkylation sites (tertiary alicyclic amines) is 1. The smallest absolute Gasteiger partial charge is 0.314 e. The molecule has 0 N–H and O–H groups in total. The van der Waals surface area contributed by atoms with E-state index >= 15 is 0 Å². The SMILES string of the molecule is CN1C(=O)[C@@]2(c3cc(F)ccc31)[C@@H](c1ccccc1)CC(=O)N2CC(F)(F)F. The zero-order chi connectivity index (χ0) is 20.3. The Kier molecular flexibility index (Phi) is 3.99.